The van der Waals surface area contributed by atoms with E-state index in [1.165, 1.54) is 6.07 Å². The van der Waals surface area contributed by atoms with Crippen LogP contribution in [0.4, 0.5) is 27.6 Å². The monoisotopic (exact) mass is 514 g/mol. The number of hydrogen-bond acceptors (Lipinski definition) is 6. The molecule has 0 amide bonds. The third-order valence-electron chi connectivity index (χ3n) is 5.42. The van der Waals surface area contributed by atoms with Gasteiger partial charge in [0.05, 0.1) is 6.54 Å². The molecule has 37 heavy (non-hydrogen) atoms. The Bertz CT molecular complexity index is 1400. The summed E-state index contributed by atoms with van der Waals surface area (Å²) in [5.74, 6) is -0.878. The van der Waals surface area contributed by atoms with Crippen LogP contribution in [0.3, 0.4) is 0 Å². The van der Waals surface area contributed by atoms with Crippen molar-refractivity contribution >= 4 is 5.69 Å². The topological polar surface area (TPSA) is 88.8 Å². The summed E-state index contributed by atoms with van der Waals surface area (Å²) in [4.78, 5) is 3.76. The molecule has 12 heteroatoms. The molecule has 1 unspecified atom stereocenters. The highest BCUT2D eigenvalue weighted by atomic mass is 19.3. The minimum absolute atomic E-state index is 0.187. The molecule has 0 radical (unpaired) electrons. The van der Waals surface area contributed by atoms with Crippen LogP contribution in [-0.2, 0) is 18.1 Å². The highest BCUT2D eigenvalue weighted by molar-refractivity contribution is 5.50. The van der Waals surface area contributed by atoms with Gasteiger partial charge in [0.2, 0.25) is 0 Å². The van der Waals surface area contributed by atoms with E-state index in [4.69, 9.17) is 0 Å². The van der Waals surface area contributed by atoms with E-state index in [0.717, 1.165) is 41.1 Å². The second-order valence-electron chi connectivity index (χ2n) is 7.94. The Kier molecular flexibility index (Phi) is 7.45. The number of rotatable bonds is 8. The summed E-state index contributed by atoms with van der Waals surface area (Å²) in [7, 11) is 0. The van der Waals surface area contributed by atoms with Crippen LogP contribution in [0, 0.1) is 23.5 Å². The normalized spacial score (nSPS) is 12.9. The van der Waals surface area contributed by atoms with Crippen LogP contribution in [0.2, 0.25) is 0 Å². The third-order valence-corrected chi connectivity index (χ3v) is 5.42. The molecule has 0 saturated carbocycles. The number of aromatic nitrogens is 5. The van der Waals surface area contributed by atoms with Gasteiger partial charge in [0.25, 0.3) is 0 Å². The van der Waals surface area contributed by atoms with Crippen LogP contribution in [-0.4, -0.2) is 43.5 Å². The number of nitrogens with zero attached hydrogens (tertiary/aromatic N) is 5. The number of hydrogen-bond donors (Lipinski definition) is 2. The Morgan fingerprint density at radius 3 is 2.32 bits per heavy atom. The maximum absolute atomic E-state index is 15.8. The molecule has 0 fully saturated rings. The Hall–Kier alpha value is -4.37. The summed E-state index contributed by atoms with van der Waals surface area (Å²) in [6.07, 6.45) is 2.06. The van der Waals surface area contributed by atoms with Gasteiger partial charge in [0, 0.05) is 41.2 Å². The van der Waals surface area contributed by atoms with Gasteiger partial charge in [-0.3, -0.25) is 4.98 Å². The number of benzene rings is 2. The number of tetrazole rings is 1. The Morgan fingerprint density at radius 2 is 1.70 bits per heavy atom. The predicted molar refractivity (Wildman–Crippen MR) is 123 cm³/mol. The molecule has 2 aromatic heterocycles. The van der Waals surface area contributed by atoms with Gasteiger partial charge in [0.1, 0.15) is 30.3 Å². The SMILES string of the molecule is OC(Cn1cnnn1)(c1ccc(F)cc1F)C(F)(F)c1ccc(C#Cc2ccc(NCCF)cc2)cn1. The summed E-state index contributed by atoms with van der Waals surface area (Å²) in [5.41, 5.74) is -3.30. The van der Waals surface area contributed by atoms with Crippen LogP contribution in [0.5, 0.6) is 0 Å². The Morgan fingerprint density at radius 1 is 0.973 bits per heavy atom. The van der Waals surface area contributed by atoms with Crippen LogP contribution < -0.4 is 5.32 Å². The standard InChI is InChI=1S/C25H19F5N6O/c26-11-12-31-20-7-3-17(4-8-20)1-2-18-5-10-23(32-14-18)25(29,30)24(37,15-36-16-33-34-35-36)21-9-6-19(27)13-22(21)28/h3-10,13-14,16,31,37H,11-12,15H2. The average molecular weight is 514 g/mol. The minimum Gasteiger partial charge on any atom is -0.382 e. The molecule has 2 N–H and O–H groups in total. The highest BCUT2D eigenvalue weighted by Gasteiger charge is 2.57. The number of pyridine rings is 1. The molecule has 2 heterocycles. The molecule has 0 spiro atoms. The van der Waals surface area contributed by atoms with E-state index in [1.807, 2.05) is 0 Å². The molecule has 0 aliphatic heterocycles. The number of nitrogens with one attached hydrogen (secondary N) is 1. The van der Waals surface area contributed by atoms with Gasteiger partial charge in [-0.2, -0.15) is 8.78 Å². The zero-order valence-electron chi connectivity index (χ0n) is 19.0. The van der Waals surface area contributed by atoms with Gasteiger partial charge in [-0.15, -0.1) is 5.10 Å². The van der Waals surface area contributed by atoms with Crippen LogP contribution in [0.15, 0.2) is 67.1 Å². The van der Waals surface area contributed by atoms with E-state index in [-0.39, 0.29) is 6.54 Å². The first-order valence-corrected chi connectivity index (χ1v) is 10.9. The summed E-state index contributed by atoms with van der Waals surface area (Å²) in [5, 5.41) is 24.2. The number of aliphatic hydroxyl groups is 1. The van der Waals surface area contributed by atoms with Crippen LogP contribution in [0.1, 0.15) is 22.4 Å². The molecule has 1 atom stereocenters. The zero-order valence-corrected chi connectivity index (χ0v) is 19.0. The quantitative estimate of drug-likeness (QED) is 0.275. The van der Waals surface area contributed by atoms with E-state index in [9.17, 15) is 18.3 Å². The zero-order chi connectivity index (χ0) is 26.5. The van der Waals surface area contributed by atoms with Gasteiger partial charge in [0.15, 0.2) is 5.60 Å². The molecule has 4 aromatic rings. The van der Waals surface area contributed by atoms with Crippen molar-refractivity contribution in [3.63, 3.8) is 0 Å². The first kappa shape index (κ1) is 25.7. The fourth-order valence-corrected chi connectivity index (χ4v) is 3.54. The van der Waals surface area contributed by atoms with Crippen molar-refractivity contribution in [3.05, 3.63) is 101 Å². The lowest BCUT2D eigenvalue weighted by Gasteiger charge is -2.35. The van der Waals surface area contributed by atoms with Crippen molar-refractivity contribution in [2.75, 3.05) is 18.5 Å². The second kappa shape index (κ2) is 10.7. The fraction of sp³-hybridized carbons (Fsp3) is 0.200. The van der Waals surface area contributed by atoms with E-state index in [2.05, 4.69) is 37.7 Å². The minimum atomic E-state index is -4.16. The van der Waals surface area contributed by atoms with Crippen molar-refractivity contribution < 1.29 is 27.1 Å². The van der Waals surface area contributed by atoms with E-state index < -0.39 is 47.6 Å². The van der Waals surface area contributed by atoms with E-state index >= 15 is 8.78 Å². The number of halogens is 5. The average Bonchev–Trinajstić information content (AvgIpc) is 3.39. The van der Waals surface area contributed by atoms with Crippen molar-refractivity contribution in [2.24, 2.45) is 0 Å². The van der Waals surface area contributed by atoms with Gasteiger partial charge < -0.3 is 10.4 Å². The molecule has 7 nitrogen and oxygen atoms in total. The van der Waals surface area contributed by atoms with Gasteiger partial charge >= 0.3 is 5.92 Å². The van der Waals surface area contributed by atoms with Crippen molar-refractivity contribution in [2.45, 2.75) is 18.1 Å². The Labute approximate surface area is 208 Å². The third kappa shape index (κ3) is 5.57. The number of alkyl halides is 3. The lowest BCUT2D eigenvalue weighted by Crippen LogP contribution is -2.48. The first-order valence-electron chi connectivity index (χ1n) is 10.9. The molecular formula is C25H19F5N6O. The van der Waals surface area contributed by atoms with E-state index in [0.29, 0.717) is 17.2 Å². The largest absolute Gasteiger partial charge is 0.382 e. The fourth-order valence-electron chi connectivity index (χ4n) is 3.54. The van der Waals surface area contributed by atoms with Crippen molar-refractivity contribution in [3.8, 4) is 11.8 Å². The lowest BCUT2D eigenvalue weighted by atomic mass is 9.84. The smallest absolute Gasteiger partial charge is 0.323 e. The molecule has 0 aliphatic carbocycles. The van der Waals surface area contributed by atoms with Gasteiger partial charge in [-0.25, -0.2) is 17.9 Å². The summed E-state index contributed by atoms with van der Waals surface area (Å²) < 4.78 is 72.6. The van der Waals surface area contributed by atoms with Crippen LogP contribution >= 0.6 is 0 Å². The first-order chi connectivity index (χ1) is 17.7. The molecule has 190 valence electrons. The maximum Gasteiger partial charge on any atom is 0.323 e. The molecule has 2 aromatic carbocycles. The maximum atomic E-state index is 15.8. The molecule has 0 bridgehead atoms. The predicted octanol–water partition coefficient (Wildman–Crippen LogP) is 3.81. The highest BCUT2D eigenvalue weighted by Crippen LogP contribution is 2.46. The van der Waals surface area contributed by atoms with E-state index in [1.54, 1.807) is 24.3 Å². The summed E-state index contributed by atoms with van der Waals surface area (Å²) in [6.45, 7) is -1.27. The number of anilines is 1. The second-order valence-corrected chi connectivity index (χ2v) is 7.94. The summed E-state index contributed by atoms with van der Waals surface area (Å²) in [6, 6.07) is 11.0. The molecule has 4 rings (SSSR count). The summed E-state index contributed by atoms with van der Waals surface area (Å²) >= 11 is 0. The van der Waals surface area contributed by atoms with Gasteiger partial charge in [-0.1, -0.05) is 11.8 Å². The van der Waals surface area contributed by atoms with Crippen molar-refractivity contribution in [1.29, 1.82) is 0 Å². The lowest BCUT2D eigenvalue weighted by molar-refractivity contribution is -0.207. The molecule has 0 saturated heterocycles. The molecule has 0 aliphatic rings. The molecular weight excluding hydrogens is 495 g/mol. The van der Waals surface area contributed by atoms with Gasteiger partial charge in [-0.05, 0) is 59.0 Å². The van der Waals surface area contributed by atoms with Crippen molar-refractivity contribution in [1.82, 2.24) is 25.2 Å². The Balaban J connectivity index is 1.62. The van der Waals surface area contributed by atoms with Crippen LogP contribution in [0.25, 0.3) is 0 Å².